The molecule has 0 unspecified atom stereocenters. The van der Waals surface area contributed by atoms with Crippen molar-refractivity contribution in [1.29, 1.82) is 0 Å². The Kier molecular flexibility index (Phi) is 5.74. The van der Waals surface area contributed by atoms with Crippen LogP contribution in [0.2, 0.25) is 0 Å². The Labute approximate surface area is 121 Å². The number of carbonyl (C=O) groups excluding carboxylic acids is 2. The smallest absolute Gasteiger partial charge is 0.240 e. The zero-order valence-corrected chi connectivity index (χ0v) is 13.1. The first-order chi connectivity index (χ1) is 8.78. The van der Waals surface area contributed by atoms with Gasteiger partial charge >= 0.3 is 0 Å². The number of carbonyl (C=O) groups is 2. The highest BCUT2D eigenvalue weighted by Gasteiger charge is 2.18. The summed E-state index contributed by atoms with van der Waals surface area (Å²) in [5.41, 5.74) is 1.33. The minimum absolute atomic E-state index is 0.0623. The van der Waals surface area contributed by atoms with Gasteiger partial charge in [-0.05, 0) is 20.8 Å². The average molecular weight is 302 g/mol. The van der Waals surface area contributed by atoms with Gasteiger partial charge in [0.15, 0.2) is 4.34 Å². The number of nitrogens with zero attached hydrogens (tertiary/aromatic N) is 3. The van der Waals surface area contributed by atoms with Gasteiger partial charge in [0.25, 0.3) is 0 Å². The molecule has 0 saturated carbocycles. The summed E-state index contributed by atoms with van der Waals surface area (Å²) in [5.74, 6) is -0.0115. The van der Waals surface area contributed by atoms with Crippen molar-refractivity contribution < 1.29 is 9.59 Å². The summed E-state index contributed by atoms with van der Waals surface area (Å²) in [7, 11) is 1.62. The lowest BCUT2D eigenvalue weighted by atomic mass is 10.1. The number of hydrogen-bond donors (Lipinski definition) is 1. The molecule has 0 aromatic carbocycles. The molecule has 19 heavy (non-hydrogen) atoms. The predicted molar refractivity (Wildman–Crippen MR) is 76.2 cm³/mol. The number of rotatable bonds is 5. The number of hydrogen-bond acceptors (Lipinski definition) is 6. The van der Waals surface area contributed by atoms with E-state index in [4.69, 9.17) is 0 Å². The molecule has 0 aliphatic heterocycles. The highest BCUT2D eigenvalue weighted by molar-refractivity contribution is 8.01. The van der Waals surface area contributed by atoms with Crippen LogP contribution < -0.4 is 5.32 Å². The van der Waals surface area contributed by atoms with Crippen molar-refractivity contribution >= 4 is 34.9 Å². The Balaban J connectivity index is 2.34. The third kappa shape index (κ3) is 6.53. The number of amides is 2. The minimum Gasteiger partial charge on any atom is -0.350 e. The van der Waals surface area contributed by atoms with Gasteiger partial charge in [0, 0.05) is 12.6 Å². The Morgan fingerprint density at radius 2 is 2.16 bits per heavy atom. The SMILES string of the molecule is CN(CC(=O)NC(C)(C)C)C(=O)CSc1nncs1. The van der Waals surface area contributed by atoms with Crippen LogP contribution in [-0.4, -0.2) is 51.8 Å². The molecule has 106 valence electrons. The monoisotopic (exact) mass is 302 g/mol. The molecule has 1 aromatic heterocycles. The Morgan fingerprint density at radius 3 is 2.68 bits per heavy atom. The molecule has 0 saturated heterocycles. The summed E-state index contributed by atoms with van der Waals surface area (Å²) in [5, 5.41) is 10.3. The summed E-state index contributed by atoms with van der Waals surface area (Å²) in [6.45, 7) is 5.76. The predicted octanol–water partition coefficient (Wildman–Crippen LogP) is 1.00. The van der Waals surface area contributed by atoms with Crippen LogP contribution in [0.15, 0.2) is 9.85 Å². The van der Waals surface area contributed by atoms with Crippen LogP contribution >= 0.6 is 23.1 Å². The van der Waals surface area contributed by atoms with E-state index < -0.39 is 0 Å². The van der Waals surface area contributed by atoms with Crippen molar-refractivity contribution in [2.75, 3.05) is 19.3 Å². The van der Waals surface area contributed by atoms with Crippen LogP contribution in [0.4, 0.5) is 0 Å². The Hall–Kier alpha value is -1.15. The fraction of sp³-hybridized carbons (Fsp3) is 0.636. The van der Waals surface area contributed by atoms with Crippen LogP contribution in [0.3, 0.4) is 0 Å². The topological polar surface area (TPSA) is 75.2 Å². The molecule has 0 aliphatic carbocycles. The first-order valence-electron chi connectivity index (χ1n) is 5.72. The van der Waals surface area contributed by atoms with E-state index in [-0.39, 0.29) is 29.7 Å². The third-order valence-electron chi connectivity index (χ3n) is 1.98. The largest absolute Gasteiger partial charge is 0.350 e. The van der Waals surface area contributed by atoms with Crippen LogP contribution in [-0.2, 0) is 9.59 Å². The summed E-state index contributed by atoms with van der Waals surface area (Å²) in [6.07, 6.45) is 0. The van der Waals surface area contributed by atoms with E-state index in [1.54, 1.807) is 12.6 Å². The highest BCUT2D eigenvalue weighted by atomic mass is 32.2. The van der Waals surface area contributed by atoms with Gasteiger partial charge in [0.05, 0.1) is 12.3 Å². The maximum absolute atomic E-state index is 11.8. The molecular weight excluding hydrogens is 284 g/mol. The molecule has 0 radical (unpaired) electrons. The second-order valence-electron chi connectivity index (χ2n) is 5.04. The van der Waals surface area contributed by atoms with Gasteiger partial charge in [0.1, 0.15) is 5.51 Å². The maximum atomic E-state index is 11.8. The van der Waals surface area contributed by atoms with E-state index >= 15 is 0 Å². The number of likely N-dealkylation sites (N-methyl/N-ethyl adjacent to an activating group) is 1. The van der Waals surface area contributed by atoms with Gasteiger partial charge in [-0.1, -0.05) is 23.1 Å². The zero-order chi connectivity index (χ0) is 14.5. The van der Waals surface area contributed by atoms with Crippen molar-refractivity contribution in [2.45, 2.75) is 30.6 Å². The summed E-state index contributed by atoms with van der Waals surface area (Å²) >= 11 is 2.71. The lowest BCUT2D eigenvalue weighted by molar-refractivity contribution is -0.133. The van der Waals surface area contributed by atoms with E-state index in [1.165, 1.54) is 28.0 Å². The van der Waals surface area contributed by atoms with Gasteiger partial charge in [-0.15, -0.1) is 10.2 Å². The van der Waals surface area contributed by atoms with E-state index in [1.807, 2.05) is 20.8 Å². The Morgan fingerprint density at radius 1 is 1.47 bits per heavy atom. The molecule has 1 N–H and O–H groups in total. The summed E-state index contributed by atoms with van der Waals surface area (Å²) in [6, 6.07) is 0. The van der Waals surface area contributed by atoms with E-state index in [0.717, 1.165) is 4.34 Å². The molecular formula is C11H18N4O2S2. The molecule has 0 aliphatic rings. The summed E-state index contributed by atoms with van der Waals surface area (Å²) in [4.78, 5) is 24.9. The van der Waals surface area contributed by atoms with Crippen molar-refractivity contribution in [3.63, 3.8) is 0 Å². The van der Waals surface area contributed by atoms with Crippen LogP contribution in [0.1, 0.15) is 20.8 Å². The molecule has 1 rings (SSSR count). The molecule has 2 amide bonds. The lowest BCUT2D eigenvalue weighted by Crippen LogP contribution is -2.46. The van der Waals surface area contributed by atoms with E-state index in [9.17, 15) is 9.59 Å². The summed E-state index contributed by atoms with van der Waals surface area (Å²) < 4.78 is 0.751. The lowest BCUT2D eigenvalue weighted by Gasteiger charge is -2.23. The quantitative estimate of drug-likeness (QED) is 0.821. The van der Waals surface area contributed by atoms with Crippen molar-refractivity contribution in [3.05, 3.63) is 5.51 Å². The fourth-order valence-corrected chi connectivity index (χ4v) is 2.65. The van der Waals surface area contributed by atoms with Crippen LogP contribution in [0, 0.1) is 0 Å². The number of aromatic nitrogens is 2. The molecule has 1 heterocycles. The zero-order valence-electron chi connectivity index (χ0n) is 11.5. The van der Waals surface area contributed by atoms with Crippen molar-refractivity contribution in [2.24, 2.45) is 0 Å². The molecule has 1 aromatic rings. The maximum Gasteiger partial charge on any atom is 0.240 e. The van der Waals surface area contributed by atoms with Gasteiger partial charge in [-0.2, -0.15) is 0 Å². The normalized spacial score (nSPS) is 11.2. The molecule has 8 heteroatoms. The molecule has 0 spiro atoms. The van der Waals surface area contributed by atoms with Gasteiger partial charge in [-0.25, -0.2) is 0 Å². The van der Waals surface area contributed by atoms with Crippen LogP contribution in [0.25, 0.3) is 0 Å². The Bertz CT molecular complexity index is 428. The second kappa shape index (κ2) is 6.85. The highest BCUT2D eigenvalue weighted by Crippen LogP contribution is 2.18. The number of thioether (sulfide) groups is 1. The second-order valence-corrected chi connectivity index (χ2v) is 7.10. The van der Waals surface area contributed by atoms with E-state index in [2.05, 4.69) is 15.5 Å². The van der Waals surface area contributed by atoms with Gasteiger partial charge in [-0.3, -0.25) is 9.59 Å². The average Bonchev–Trinajstić information content (AvgIpc) is 2.75. The molecule has 0 bridgehead atoms. The first kappa shape index (κ1) is 15.9. The third-order valence-corrected chi connectivity index (χ3v) is 3.83. The van der Waals surface area contributed by atoms with E-state index in [0.29, 0.717) is 0 Å². The van der Waals surface area contributed by atoms with Gasteiger partial charge < -0.3 is 10.2 Å². The first-order valence-corrected chi connectivity index (χ1v) is 7.58. The molecule has 0 fully saturated rings. The number of nitrogens with one attached hydrogen (secondary N) is 1. The fourth-order valence-electron chi connectivity index (χ4n) is 1.22. The van der Waals surface area contributed by atoms with Gasteiger partial charge in [0.2, 0.25) is 11.8 Å². The van der Waals surface area contributed by atoms with Crippen molar-refractivity contribution in [3.8, 4) is 0 Å². The van der Waals surface area contributed by atoms with Crippen molar-refractivity contribution in [1.82, 2.24) is 20.4 Å². The minimum atomic E-state index is -0.289. The molecule has 6 nitrogen and oxygen atoms in total. The standard InChI is InChI=1S/C11H18N4O2S2/c1-11(2,3)13-8(16)5-15(4)9(17)6-18-10-14-12-7-19-10/h7H,5-6H2,1-4H3,(H,13,16). The molecule has 0 atom stereocenters. The van der Waals surface area contributed by atoms with Crippen LogP contribution in [0.5, 0.6) is 0 Å².